The molecular weight excluding hydrogens is 296 g/mol. The Balaban J connectivity index is 1.97. The average Bonchev–Trinajstić information content (AvgIpc) is 2.85. The minimum absolute atomic E-state index is 0.0564. The number of benzene rings is 2. The zero-order chi connectivity index (χ0) is 17.3. The van der Waals surface area contributed by atoms with Gasteiger partial charge in [-0.2, -0.15) is 0 Å². The first kappa shape index (κ1) is 16.3. The summed E-state index contributed by atoms with van der Waals surface area (Å²) in [7, 11) is 0. The van der Waals surface area contributed by atoms with E-state index in [0.717, 1.165) is 29.6 Å². The van der Waals surface area contributed by atoms with Gasteiger partial charge in [-0.1, -0.05) is 25.1 Å². The van der Waals surface area contributed by atoms with Gasteiger partial charge in [0.15, 0.2) is 0 Å². The molecule has 1 amide bonds. The molecular formula is C21H24N2O. The van der Waals surface area contributed by atoms with E-state index in [1.54, 1.807) is 0 Å². The highest BCUT2D eigenvalue weighted by Gasteiger charge is 2.14. The van der Waals surface area contributed by atoms with Gasteiger partial charge in [0.25, 0.3) is 5.91 Å². The molecule has 3 nitrogen and oxygen atoms in total. The van der Waals surface area contributed by atoms with Crippen molar-refractivity contribution in [2.75, 3.05) is 5.32 Å². The predicted octanol–water partition coefficient (Wildman–Crippen LogP) is 5.09. The molecule has 0 bridgehead atoms. The number of fused-ring (bicyclic) bond motifs is 1. The van der Waals surface area contributed by atoms with Gasteiger partial charge in [-0.25, -0.2) is 0 Å². The van der Waals surface area contributed by atoms with Crippen LogP contribution in [0, 0.1) is 13.8 Å². The van der Waals surface area contributed by atoms with Gasteiger partial charge in [0.2, 0.25) is 0 Å². The number of aryl methyl sites for hydroxylation is 3. The third-order valence-corrected chi connectivity index (χ3v) is 4.86. The van der Waals surface area contributed by atoms with E-state index < -0.39 is 0 Å². The third-order valence-electron chi connectivity index (χ3n) is 4.86. The van der Waals surface area contributed by atoms with Crippen molar-refractivity contribution in [1.82, 2.24) is 4.57 Å². The number of anilines is 1. The fourth-order valence-corrected chi connectivity index (χ4v) is 3.34. The number of hydrogen-bond acceptors (Lipinski definition) is 1. The molecule has 124 valence electrons. The van der Waals surface area contributed by atoms with Gasteiger partial charge in [0, 0.05) is 34.4 Å². The van der Waals surface area contributed by atoms with Crippen LogP contribution in [0.15, 0.2) is 42.5 Å². The van der Waals surface area contributed by atoms with Crippen LogP contribution >= 0.6 is 0 Å². The van der Waals surface area contributed by atoms with E-state index in [2.05, 4.69) is 43.6 Å². The highest BCUT2D eigenvalue weighted by Crippen LogP contribution is 2.26. The quantitative estimate of drug-likeness (QED) is 0.713. The van der Waals surface area contributed by atoms with E-state index in [9.17, 15) is 4.79 Å². The van der Waals surface area contributed by atoms with Crippen LogP contribution in [-0.2, 0) is 13.0 Å². The van der Waals surface area contributed by atoms with Crippen LogP contribution in [0.4, 0.5) is 5.69 Å². The second-order valence-corrected chi connectivity index (χ2v) is 6.15. The molecule has 0 unspecified atom stereocenters. The summed E-state index contributed by atoms with van der Waals surface area (Å²) < 4.78 is 2.29. The van der Waals surface area contributed by atoms with Crippen LogP contribution in [0.25, 0.3) is 10.9 Å². The number of hydrogen-bond donors (Lipinski definition) is 1. The van der Waals surface area contributed by atoms with Crippen LogP contribution in [-0.4, -0.2) is 10.5 Å². The van der Waals surface area contributed by atoms with Gasteiger partial charge >= 0.3 is 0 Å². The predicted molar refractivity (Wildman–Crippen MR) is 101 cm³/mol. The number of amides is 1. The number of nitrogens with zero attached hydrogens (tertiary/aromatic N) is 1. The van der Waals surface area contributed by atoms with Gasteiger partial charge in [0.05, 0.1) is 0 Å². The summed E-state index contributed by atoms with van der Waals surface area (Å²) in [5, 5.41) is 4.21. The van der Waals surface area contributed by atoms with Crippen molar-refractivity contribution in [2.45, 2.75) is 40.7 Å². The summed E-state index contributed by atoms with van der Waals surface area (Å²) >= 11 is 0. The highest BCUT2D eigenvalue weighted by atomic mass is 16.1. The van der Waals surface area contributed by atoms with Crippen LogP contribution in [0.2, 0.25) is 0 Å². The van der Waals surface area contributed by atoms with Crippen molar-refractivity contribution >= 4 is 22.5 Å². The number of carbonyl (C=O) groups is 1. The normalized spacial score (nSPS) is 11.0. The van der Waals surface area contributed by atoms with E-state index in [0.29, 0.717) is 5.56 Å². The van der Waals surface area contributed by atoms with E-state index >= 15 is 0 Å². The second kappa shape index (κ2) is 6.52. The van der Waals surface area contributed by atoms with Crippen LogP contribution in [0.5, 0.6) is 0 Å². The lowest BCUT2D eigenvalue weighted by atomic mass is 10.1. The Kier molecular flexibility index (Phi) is 4.43. The lowest BCUT2D eigenvalue weighted by molar-refractivity contribution is 0.102. The Morgan fingerprint density at radius 3 is 2.54 bits per heavy atom. The molecule has 0 radical (unpaired) electrons. The van der Waals surface area contributed by atoms with Crippen LogP contribution < -0.4 is 5.32 Å². The van der Waals surface area contributed by atoms with Crippen molar-refractivity contribution in [3.8, 4) is 0 Å². The summed E-state index contributed by atoms with van der Waals surface area (Å²) in [6.45, 7) is 9.43. The molecule has 3 aromatic rings. The number of nitrogens with one attached hydrogen (secondary N) is 1. The first-order valence-corrected chi connectivity index (χ1v) is 8.55. The average molecular weight is 320 g/mol. The maximum absolute atomic E-state index is 12.7. The molecule has 0 atom stereocenters. The molecule has 0 spiro atoms. The molecule has 1 aromatic heterocycles. The number of aromatic nitrogens is 1. The highest BCUT2D eigenvalue weighted by molar-refractivity contribution is 6.07. The molecule has 0 saturated carbocycles. The Morgan fingerprint density at radius 1 is 1.08 bits per heavy atom. The fraction of sp³-hybridized carbons (Fsp3) is 0.286. The van der Waals surface area contributed by atoms with Gasteiger partial charge in [-0.15, -0.1) is 0 Å². The summed E-state index contributed by atoms with van der Waals surface area (Å²) in [6, 6.07) is 13.9. The molecule has 24 heavy (non-hydrogen) atoms. The van der Waals surface area contributed by atoms with E-state index in [1.807, 2.05) is 36.4 Å². The van der Waals surface area contributed by atoms with Gasteiger partial charge in [-0.3, -0.25) is 4.79 Å². The van der Waals surface area contributed by atoms with Gasteiger partial charge < -0.3 is 9.88 Å². The zero-order valence-corrected chi connectivity index (χ0v) is 14.8. The van der Waals surface area contributed by atoms with Crippen molar-refractivity contribution < 1.29 is 4.79 Å². The van der Waals surface area contributed by atoms with Crippen molar-refractivity contribution in [1.29, 1.82) is 0 Å². The maximum Gasteiger partial charge on any atom is 0.255 e. The monoisotopic (exact) mass is 320 g/mol. The Bertz CT molecular complexity index is 906. The number of rotatable bonds is 4. The minimum Gasteiger partial charge on any atom is -0.345 e. The number of carbonyl (C=O) groups excluding carboxylic acids is 1. The molecule has 1 N–H and O–H groups in total. The number of para-hydroxylation sites is 1. The first-order valence-electron chi connectivity index (χ1n) is 8.55. The van der Waals surface area contributed by atoms with Crippen molar-refractivity contribution in [3.63, 3.8) is 0 Å². The zero-order valence-electron chi connectivity index (χ0n) is 14.8. The standard InChI is InChI=1S/C21H24N2O/c1-5-16-9-7-8-10-19(16)22-21(24)17-11-12-20-18(13-17)14(3)15(4)23(20)6-2/h7-13H,5-6H2,1-4H3,(H,22,24). The Morgan fingerprint density at radius 2 is 1.83 bits per heavy atom. The topological polar surface area (TPSA) is 34.0 Å². The lowest BCUT2D eigenvalue weighted by Crippen LogP contribution is -2.13. The molecule has 2 aromatic carbocycles. The van der Waals surface area contributed by atoms with E-state index in [-0.39, 0.29) is 5.91 Å². The summed E-state index contributed by atoms with van der Waals surface area (Å²) in [4.78, 5) is 12.7. The molecule has 3 heteroatoms. The first-order chi connectivity index (χ1) is 11.6. The van der Waals surface area contributed by atoms with E-state index in [1.165, 1.54) is 16.8 Å². The largest absolute Gasteiger partial charge is 0.345 e. The van der Waals surface area contributed by atoms with Crippen LogP contribution in [0.3, 0.4) is 0 Å². The van der Waals surface area contributed by atoms with Crippen LogP contribution in [0.1, 0.15) is 41.0 Å². The van der Waals surface area contributed by atoms with Crippen molar-refractivity contribution in [2.24, 2.45) is 0 Å². The molecule has 0 fully saturated rings. The Hall–Kier alpha value is -2.55. The smallest absolute Gasteiger partial charge is 0.255 e. The van der Waals surface area contributed by atoms with E-state index in [4.69, 9.17) is 0 Å². The maximum atomic E-state index is 12.7. The molecule has 0 aliphatic carbocycles. The summed E-state index contributed by atoms with van der Waals surface area (Å²) in [5.41, 5.74) is 6.44. The molecule has 0 aliphatic rings. The fourth-order valence-electron chi connectivity index (χ4n) is 3.34. The minimum atomic E-state index is -0.0564. The summed E-state index contributed by atoms with van der Waals surface area (Å²) in [6.07, 6.45) is 0.896. The molecule has 0 saturated heterocycles. The van der Waals surface area contributed by atoms with Gasteiger partial charge in [0.1, 0.15) is 0 Å². The molecule has 0 aliphatic heterocycles. The SMILES string of the molecule is CCc1ccccc1NC(=O)c1ccc2c(c1)c(C)c(C)n2CC. The summed E-state index contributed by atoms with van der Waals surface area (Å²) in [5.74, 6) is -0.0564. The van der Waals surface area contributed by atoms with Crippen molar-refractivity contribution in [3.05, 3.63) is 64.8 Å². The third kappa shape index (κ3) is 2.71. The molecule has 1 heterocycles. The lowest BCUT2D eigenvalue weighted by Gasteiger charge is -2.10. The Labute approximate surface area is 143 Å². The van der Waals surface area contributed by atoms with Gasteiger partial charge in [-0.05, 0) is 62.6 Å². The second-order valence-electron chi connectivity index (χ2n) is 6.15. The molecule has 3 rings (SSSR count).